The van der Waals surface area contributed by atoms with Crippen molar-refractivity contribution < 1.29 is 24.2 Å². The third-order valence-electron chi connectivity index (χ3n) is 5.45. The number of nitrogens with two attached hydrogens (primary N) is 2. The smallest absolute Gasteiger partial charge is 0.328 e. The summed E-state index contributed by atoms with van der Waals surface area (Å²) in [6.45, 7) is 2.56. The van der Waals surface area contributed by atoms with Gasteiger partial charge in [-0.3, -0.25) is 9.59 Å². The van der Waals surface area contributed by atoms with E-state index in [0.717, 1.165) is 12.1 Å². The Bertz CT molecular complexity index is 1270. The molecule has 196 valence electrons. The number of ether oxygens (including phenoxy) is 1. The molecule has 0 saturated carbocycles. The molecule has 1 atom stereocenters. The van der Waals surface area contributed by atoms with E-state index in [9.17, 15) is 14.4 Å². The van der Waals surface area contributed by atoms with E-state index in [1.165, 1.54) is 0 Å². The fraction of sp³-hybridized carbons (Fsp3) is 0.375. The number of hydrogen-bond donors (Lipinski definition) is 4. The third kappa shape index (κ3) is 7.46. The van der Waals surface area contributed by atoms with Crippen LogP contribution in [0.1, 0.15) is 48.7 Å². The highest BCUT2D eigenvalue weighted by Gasteiger charge is 2.24. The molecule has 0 bridgehead atoms. The topological polar surface area (TPSA) is 200 Å². The summed E-state index contributed by atoms with van der Waals surface area (Å²) < 4.78 is 5.17. The van der Waals surface area contributed by atoms with Crippen molar-refractivity contribution in [1.82, 2.24) is 25.3 Å². The fourth-order valence-electron chi connectivity index (χ4n) is 3.44. The van der Waals surface area contributed by atoms with Crippen LogP contribution in [0.25, 0.3) is 11.2 Å². The number of nitrogens with zero attached hydrogens (tertiary/aromatic N) is 5. The van der Waals surface area contributed by atoms with Crippen LogP contribution in [0.3, 0.4) is 0 Å². The van der Waals surface area contributed by atoms with E-state index in [0.29, 0.717) is 35.4 Å². The van der Waals surface area contributed by atoms with Crippen molar-refractivity contribution in [3.63, 3.8) is 0 Å². The van der Waals surface area contributed by atoms with Gasteiger partial charge in [-0.05, 0) is 37.1 Å². The van der Waals surface area contributed by atoms with Gasteiger partial charge in [0.05, 0.1) is 25.0 Å². The zero-order valence-corrected chi connectivity index (χ0v) is 20.7. The number of amides is 1. The molecular formula is C24H30N8O5. The monoisotopic (exact) mass is 510 g/mol. The maximum Gasteiger partial charge on any atom is 0.328 e. The van der Waals surface area contributed by atoms with Gasteiger partial charge in [-0.1, -0.05) is 13.3 Å². The van der Waals surface area contributed by atoms with Crippen LogP contribution in [0.2, 0.25) is 0 Å². The van der Waals surface area contributed by atoms with E-state index >= 15 is 0 Å². The van der Waals surface area contributed by atoms with E-state index in [-0.39, 0.29) is 31.2 Å². The number of unbranched alkanes of at least 4 members (excludes halogenated alkanes) is 1. The van der Waals surface area contributed by atoms with Gasteiger partial charge in [0.1, 0.15) is 6.04 Å². The van der Waals surface area contributed by atoms with Gasteiger partial charge in [-0.2, -0.15) is 9.97 Å². The van der Waals surface area contributed by atoms with Crippen molar-refractivity contribution in [2.75, 3.05) is 30.0 Å². The van der Waals surface area contributed by atoms with E-state index in [2.05, 4.69) is 25.3 Å². The molecule has 1 aromatic carbocycles. The highest BCUT2D eigenvalue weighted by molar-refractivity contribution is 5.97. The minimum absolute atomic E-state index is 0.0230. The summed E-state index contributed by atoms with van der Waals surface area (Å²) in [5, 5.41) is 11.6. The highest BCUT2D eigenvalue weighted by atomic mass is 16.5. The second kappa shape index (κ2) is 12.4. The fourth-order valence-corrected chi connectivity index (χ4v) is 3.44. The van der Waals surface area contributed by atoms with Crippen molar-refractivity contribution in [1.29, 1.82) is 0 Å². The first-order valence-electron chi connectivity index (χ1n) is 11.7. The van der Waals surface area contributed by atoms with Gasteiger partial charge in [-0.15, -0.1) is 0 Å². The number of nitrogen functional groups attached to an aromatic ring is 2. The number of carboxylic acid groups (broad SMARTS) is 1. The number of aliphatic carboxylic acids is 1. The van der Waals surface area contributed by atoms with Crippen LogP contribution in [0.15, 0.2) is 30.5 Å². The lowest BCUT2D eigenvalue weighted by Crippen LogP contribution is -2.42. The van der Waals surface area contributed by atoms with Crippen LogP contribution in [-0.2, 0) is 20.9 Å². The summed E-state index contributed by atoms with van der Waals surface area (Å²) in [5.74, 6) is -2.05. The molecule has 2 aromatic heterocycles. The van der Waals surface area contributed by atoms with Gasteiger partial charge in [0, 0.05) is 24.7 Å². The predicted octanol–water partition coefficient (Wildman–Crippen LogP) is 1.53. The lowest BCUT2D eigenvalue weighted by molar-refractivity contribution is -0.146. The molecule has 0 saturated heterocycles. The number of hydrogen-bond acceptors (Lipinski definition) is 11. The number of nitrogens with one attached hydrogen (secondary N) is 1. The average molecular weight is 511 g/mol. The Labute approximate surface area is 213 Å². The number of rotatable bonds is 12. The lowest BCUT2D eigenvalue weighted by atomic mass is 10.1. The molecule has 0 radical (unpaired) electrons. The van der Waals surface area contributed by atoms with Crippen LogP contribution >= 0.6 is 0 Å². The summed E-state index contributed by atoms with van der Waals surface area (Å²) in [7, 11) is 1.85. The molecule has 13 nitrogen and oxygen atoms in total. The number of esters is 1. The largest absolute Gasteiger partial charge is 0.481 e. The highest BCUT2D eigenvalue weighted by Crippen LogP contribution is 2.19. The van der Waals surface area contributed by atoms with E-state index in [1.807, 2.05) is 18.9 Å². The molecule has 37 heavy (non-hydrogen) atoms. The van der Waals surface area contributed by atoms with Crippen LogP contribution in [-0.4, -0.2) is 62.6 Å². The second-order valence-corrected chi connectivity index (χ2v) is 8.38. The first kappa shape index (κ1) is 27.0. The molecule has 0 unspecified atom stereocenters. The Morgan fingerprint density at radius 1 is 1.14 bits per heavy atom. The Hall–Kier alpha value is -4.55. The van der Waals surface area contributed by atoms with Crippen molar-refractivity contribution >= 4 is 46.5 Å². The lowest BCUT2D eigenvalue weighted by Gasteiger charge is -2.20. The standard InChI is InChI=1S/C24H30N8O5/c1-3-4-11-37-23(36)17(9-10-18(33)34)29-22(35)14-5-7-16(8-6-14)32(2)13-15-12-27-21-19(28-15)20(25)30-24(26)31-21/h5-8,12,17H,3-4,9-11,13H2,1-2H3,(H,29,35)(H,33,34)(H4,25,26,27,30,31)/t17-/m0/s1. The number of anilines is 3. The molecule has 2 heterocycles. The Kier molecular flexibility index (Phi) is 9.08. The third-order valence-corrected chi connectivity index (χ3v) is 5.45. The molecule has 13 heteroatoms. The summed E-state index contributed by atoms with van der Waals surface area (Å²) in [6, 6.07) is 5.65. The molecular weight excluding hydrogens is 480 g/mol. The normalized spacial score (nSPS) is 11.6. The summed E-state index contributed by atoms with van der Waals surface area (Å²) in [4.78, 5) is 54.6. The molecule has 6 N–H and O–H groups in total. The molecule has 1 amide bonds. The van der Waals surface area contributed by atoms with Gasteiger partial charge in [0.15, 0.2) is 17.0 Å². The van der Waals surface area contributed by atoms with E-state index in [1.54, 1.807) is 30.5 Å². The maximum atomic E-state index is 12.8. The molecule has 3 rings (SSSR count). The molecule has 0 fully saturated rings. The number of carbonyl (C=O) groups is 3. The second-order valence-electron chi connectivity index (χ2n) is 8.38. The maximum absolute atomic E-state index is 12.8. The first-order valence-corrected chi connectivity index (χ1v) is 11.7. The Morgan fingerprint density at radius 2 is 1.86 bits per heavy atom. The number of carbonyl (C=O) groups excluding carboxylic acids is 2. The van der Waals surface area contributed by atoms with E-state index in [4.69, 9.17) is 21.3 Å². The van der Waals surface area contributed by atoms with Crippen LogP contribution in [0.5, 0.6) is 0 Å². The minimum Gasteiger partial charge on any atom is -0.481 e. The van der Waals surface area contributed by atoms with Crippen molar-refractivity contribution in [2.45, 2.75) is 45.2 Å². The Morgan fingerprint density at radius 3 is 2.54 bits per heavy atom. The van der Waals surface area contributed by atoms with Gasteiger partial charge >= 0.3 is 11.9 Å². The van der Waals surface area contributed by atoms with Gasteiger partial charge in [-0.25, -0.2) is 14.8 Å². The Balaban J connectivity index is 1.66. The summed E-state index contributed by atoms with van der Waals surface area (Å²) >= 11 is 0. The van der Waals surface area contributed by atoms with E-state index < -0.39 is 23.9 Å². The van der Waals surface area contributed by atoms with Gasteiger partial charge in [0.25, 0.3) is 5.91 Å². The molecule has 0 spiro atoms. The zero-order valence-electron chi connectivity index (χ0n) is 20.7. The number of carboxylic acids is 1. The predicted molar refractivity (Wildman–Crippen MR) is 136 cm³/mol. The molecule has 3 aromatic rings. The number of benzene rings is 1. The van der Waals surface area contributed by atoms with Crippen molar-refractivity contribution in [3.05, 3.63) is 41.7 Å². The molecule has 0 aliphatic rings. The van der Waals surface area contributed by atoms with Crippen LogP contribution in [0.4, 0.5) is 17.5 Å². The van der Waals surface area contributed by atoms with Crippen molar-refractivity contribution in [3.8, 4) is 0 Å². The quantitative estimate of drug-likeness (QED) is 0.202. The molecule has 0 aliphatic heterocycles. The summed E-state index contributed by atoms with van der Waals surface area (Å²) in [5.41, 5.74) is 13.9. The average Bonchev–Trinajstić information content (AvgIpc) is 2.86. The zero-order chi connectivity index (χ0) is 26.9. The van der Waals surface area contributed by atoms with Crippen LogP contribution < -0.4 is 21.7 Å². The van der Waals surface area contributed by atoms with Gasteiger partial charge < -0.3 is 31.5 Å². The first-order chi connectivity index (χ1) is 17.7. The van der Waals surface area contributed by atoms with Crippen LogP contribution in [0, 0.1) is 0 Å². The number of aromatic nitrogens is 4. The number of fused-ring (bicyclic) bond motifs is 1. The minimum atomic E-state index is -1.07. The summed E-state index contributed by atoms with van der Waals surface area (Å²) in [6.07, 6.45) is 2.75. The van der Waals surface area contributed by atoms with Crippen molar-refractivity contribution in [2.24, 2.45) is 0 Å². The SMILES string of the molecule is CCCCOC(=O)[C@H](CCC(=O)O)NC(=O)c1ccc(N(C)Cc2cnc3nc(N)nc(N)c3n2)cc1. The molecule has 0 aliphatic carbocycles. The van der Waals surface area contributed by atoms with Gasteiger partial charge in [0.2, 0.25) is 5.95 Å².